The first-order valence-corrected chi connectivity index (χ1v) is 5.31. The van der Waals surface area contributed by atoms with Crippen molar-refractivity contribution in [2.24, 2.45) is 7.05 Å². The van der Waals surface area contributed by atoms with Gasteiger partial charge in [-0.05, 0) is 6.07 Å². The maximum absolute atomic E-state index is 12.0. The summed E-state index contributed by atoms with van der Waals surface area (Å²) in [7, 11) is 1.89. The number of hydrogen-bond acceptors (Lipinski definition) is 2. The van der Waals surface area contributed by atoms with Crippen LogP contribution in [0.4, 0.5) is 0 Å². The van der Waals surface area contributed by atoms with Gasteiger partial charge in [0.1, 0.15) is 0 Å². The number of carbonyl (C=O) groups is 2. The molecule has 2 amide bonds. The Morgan fingerprint density at radius 1 is 1.31 bits per heavy atom. The second kappa shape index (κ2) is 4.38. The molecule has 0 spiro atoms. The van der Waals surface area contributed by atoms with Gasteiger partial charge >= 0.3 is 0 Å². The summed E-state index contributed by atoms with van der Waals surface area (Å²) in [4.78, 5) is 26.0. The molecule has 0 atom stereocenters. The molecule has 86 valence electrons. The number of nitrogens with zero attached hydrogens (tertiary/aromatic N) is 3. The van der Waals surface area contributed by atoms with E-state index in [-0.39, 0.29) is 5.91 Å². The average molecular weight is 221 g/mol. The first-order valence-electron chi connectivity index (χ1n) is 5.31. The smallest absolute Gasteiger partial charge is 0.255 e. The molecule has 1 aromatic heterocycles. The number of piperazine rings is 1. The highest BCUT2D eigenvalue weighted by Gasteiger charge is 2.21. The Bertz CT molecular complexity index is 392. The van der Waals surface area contributed by atoms with Gasteiger partial charge in [-0.25, -0.2) is 0 Å². The van der Waals surface area contributed by atoms with Gasteiger partial charge in [0.25, 0.3) is 5.91 Å². The highest BCUT2D eigenvalue weighted by molar-refractivity contribution is 5.94. The van der Waals surface area contributed by atoms with Gasteiger partial charge in [-0.15, -0.1) is 0 Å². The van der Waals surface area contributed by atoms with E-state index in [0.29, 0.717) is 31.7 Å². The van der Waals surface area contributed by atoms with Crippen LogP contribution in [0.3, 0.4) is 0 Å². The van der Waals surface area contributed by atoms with E-state index in [2.05, 4.69) is 0 Å². The Balaban J connectivity index is 1.99. The summed E-state index contributed by atoms with van der Waals surface area (Å²) in [5.41, 5.74) is 0.710. The zero-order valence-corrected chi connectivity index (χ0v) is 9.30. The minimum absolute atomic E-state index is 0.0474. The van der Waals surface area contributed by atoms with Gasteiger partial charge in [0.05, 0.1) is 5.56 Å². The van der Waals surface area contributed by atoms with E-state index in [4.69, 9.17) is 0 Å². The second-order valence-electron chi connectivity index (χ2n) is 4.00. The van der Waals surface area contributed by atoms with Gasteiger partial charge in [0, 0.05) is 45.6 Å². The van der Waals surface area contributed by atoms with Crippen LogP contribution < -0.4 is 0 Å². The molecular formula is C11H15N3O2. The first-order chi connectivity index (χ1) is 7.70. The normalized spacial score (nSPS) is 16.3. The fraction of sp³-hybridized carbons (Fsp3) is 0.455. The summed E-state index contributed by atoms with van der Waals surface area (Å²) in [5, 5.41) is 0. The third-order valence-electron chi connectivity index (χ3n) is 2.83. The van der Waals surface area contributed by atoms with Crippen LogP contribution in [-0.4, -0.2) is 52.9 Å². The van der Waals surface area contributed by atoms with Crippen molar-refractivity contribution >= 4 is 12.3 Å². The Morgan fingerprint density at radius 2 is 2.00 bits per heavy atom. The van der Waals surface area contributed by atoms with E-state index in [1.54, 1.807) is 9.80 Å². The lowest BCUT2D eigenvalue weighted by Crippen LogP contribution is -2.48. The van der Waals surface area contributed by atoms with E-state index in [0.717, 1.165) is 6.41 Å². The van der Waals surface area contributed by atoms with Gasteiger partial charge in [0.2, 0.25) is 6.41 Å². The van der Waals surface area contributed by atoms with Crippen molar-refractivity contribution in [1.29, 1.82) is 0 Å². The molecule has 2 rings (SSSR count). The maximum Gasteiger partial charge on any atom is 0.255 e. The lowest BCUT2D eigenvalue weighted by atomic mass is 10.2. The lowest BCUT2D eigenvalue weighted by molar-refractivity contribution is -0.119. The lowest BCUT2D eigenvalue weighted by Gasteiger charge is -2.32. The Morgan fingerprint density at radius 3 is 2.50 bits per heavy atom. The zero-order valence-electron chi connectivity index (χ0n) is 9.30. The summed E-state index contributed by atoms with van der Waals surface area (Å²) < 4.78 is 1.86. The molecule has 1 aliphatic rings. The number of aryl methyl sites for hydroxylation is 1. The molecule has 0 saturated carbocycles. The summed E-state index contributed by atoms with van der Waals surface area (Å²) in [6.45, 7) is 2.49. The topological polar surface area (TPSA) is 45.6 Å². The van der Waals surface area contributed by atoms with Crippen molar-refractivity contribution in [3.8, 4) is 0 Å². The van der Waals surface area contributed by atoms with E-state index < -0.39 is 0 Å². The van der Waals surface area contributed by atoms with E-state index in [1.807, 2.05) is 30.1 Å². The molecule has 1 saturated heterocycles. The molecule has 5 nitrogen and oxygen atoms in total. The molecule has 0 bridgehead atoms. The molecule has 0 aromatic carbocycles. The monoisotopic (exact) mass is 221 g/mol. The summed E-state index contributed by atoms with van der Waals surface area (Å²) in [5.74, 6) is 0.0474. The zero-order chi connectivity index (χ0) is 11.5. The van der Waals surface area contributed by atoms with Crippen molar-refractivity contribution in [2.75, 3.05) is 26.2 Å². The van der Waals surface area contributed by atoms with E-state index in [9.17, 15) is 9.59 Å². The van der Waals surface area contributed by atoms with Gasteiger partial charge < -0.3 is 14.4 Å². The summed E-state index contributed by atoms with van der Waals surface area (Å²) in [6.07, 6.45) is 4.51. The van der Waals surface area contributed by atoms with Crippen molar-refractivity contribution in [1.82, 2.24) is 14.4 Å². The van der Waals surface area contributed by atoms with Crippen LogP contribution in [-0.2, 0) is 11.8 Å². The summed E-state index contributed by atoms with van der Waals surface area (Å²) >= 11 is 0. The molecule has 1 aliphatic heterocycles. The van der Waals surface area contributed by atoms with Gasteiger partial charge in [-0.3, -0.25) is 9.59 Å². The van der Waals surface area contributed by atoms with Crippen LogP contribution in [0.25, 0.3) is 0 Å². The minimum Gasteiger partial charge on any atom is -0.356 e. The molecule has 0 unspecified atom stereocenters. The molecule has 0 aliphatic carbocycles. The molecule has 2 heterocycles. The fourth-order valence-corrected chi connectivity index (χ4v) is 1.84. The molecule has 16 heavy (non-hydrogen) atoms. The van der Waals surface area contributed by atoms with Crippen molar-refractivity contribution in [2.45, 2.75) is 0 Å². The molecule has 5 heteroatoms. The third-order valence-corrected chi connectivity index (χ3v) is 2.83. The van der Waals surface area contributed by atoms with Gasteiger partial charge in [0.15, 0.2) is 0 Å². The average Bonchev–Trinajstić information content (AvgIpc) is 2.75. The molecule has 0 radical (unpaired) electrons. The maximum atomic E-state index is 12.0. The standard InChI is InChI=1S/C11H15N3O2/c1-12-3-2-10(8-12)11(16)14-6-4-13(9-15)5-7-14/h2-3,8-9H,4-7H2,1H3. The predicted molar refractivity (Wildman–Crippen MR) is 59.0 cm³/mol. The Labute approximate surface area is 94.2 Å². The largest absolute Gasteiger partial charge is 0.356 e. The van der Waals surface area contributed by atoms with Crippen molar-refractivity contribution < 1.29 is 9.59 Å². The van der Waals surface area contributed by atoms with Crippen LogP contribution in [0.2, 0.25) is 0 Å². The molecule has 1 aromatic rings. The summed E-state index contributed by atoms with van der Waals surface area (Å²) in [6, 6.07) is 1.81. The highest BCUT2D eigenvalue weighted by atomic mass is 16.2. The molecule has 0 N–H and O–H groups in total. The fourth-order valence-electron chi connectivity index (χ4n) is 1.84. The quantitative estimate of drug-likeness (QED) is 0.657. The van der Waals surface area contributed by atoms with Crippen LogP contribution in [0.5, 0.6) is 0 Å². The van der Waals surface area contributed by atoms with Crippen molar-refractivity contribution in [3.63, 3.8) is 0 Å². The highest BCUT2D eigenvalue weighted by Crippen LogP contribution is 2.08. The van der Waals surface area contributed by atoms with Gasteiger partial charge in [-0.2, -0.15) is 0 Å². The van der Waals surface area contributed by atoms with Crippen LogP contribution in [0.15, 0.2) is 18.5 Å². The predicted octanol–water partition coefficient (Wildman–Crippen LogP) is -0.0607. The number of aromatic nitrogens is 1. The number of hydrogen-bond donors (Lipinski definition) is 0. The Hall–Kier alpha value is -1.78. The van der Waals surface area contributed by atoms with E-state index in [1.165, 1.54) is 0 Å². The number of rotatable bonds is 2. The third kappa shape index (κ3) is 2.08. The van der Waals surface area contributed by atoms with Gasteiger partial charge in [-0.1, -0.05) is 0 Å². The van der Waals surface area contributed by atoms with Crippen LogP contribution in [0, 0.1) is 0 Å². The number of carbonyl (C=O) groups excluding carboxylic acids is 2. The first kappa shape index (κ1) is 10.7. The SMILES string of the molecule is Cn1ccc(C(=O)N2CCN(C=O)CC2)c1. The van der Waals surface area contributed by atoms with Crippen LogP contribution >= 0.6 is 0 Å². The van der Waals surface area contributed by atoms with Crippen LogP contribution in [0.1, 0.15) is 10.4 Å². The second-order valence-corrected chi connectivity index (χ2v) is 4.00. The minimum atomic E-state index is 0.0474. The van der Waals surface area contributed by atoms with Crippen molar-refractivity contribution in [3.05, 3.63) is 24.0 Å². The molecular weight excluding hydrogens is 206 g/mol. The van der Waals surface area contributed by atoms with E-state index >= 15 is 0 Å². The molecule has 1 fully saturated rings. The number of amides is 2. The Kier molecular flexibility index (Phi) is 2.94.